The molecule has 0 radical (unpaired) electrons. The average molecular weight is 290 g/mol. The van der Waals surface area contributed by atoms with Crippen LogP contribution in [0, 0.1) is 0 Å². The fourth-order valence-corrected chi connectivity index (χ4v) is 1.27. The lowest BCUT2D eigenvalue weighted by molar-refractivity contribution is -0.146. The molecule has 0 saturated heterocycles. The van der Waals surface area contributed by atoms with E-state index in [2.05, 4.69) is 4.74 Å². The number of esters is 1. The Bertz CT molecular complexity index is 236. The number of alkyl halides is 1. The zero-order valence-electron chi connectivity index (χ0n) is 5.90. The molecule has 6 heteroatoms. The monoisotopic (exact) mass is 290 g/mol. The Morgan fingerprint density at radius 3 is 2.50 bits per heavy atom. The van der Waals surface area contributed by atoms with E-state index >= 15 is 0 Å². The van der Waals surface area contributed by atoms with Gasteiger partial charge in [0.25, 0.3) is 0 Å². The lowest BCUT2D eigenvalue weighted by Gasteiger charge is -2.13. The highest BCUT2D eigenvalue weighted by Crippen LogP contribution is 2.21. The second-order valence-corrected chi connectivity index (χ2v) is 3.16. The van der Waals surface area contributed by atoms with Crippen molar-refractivity contribution in [2.24, 2.45) is 0 Å². The summed E-state index contributed by atoms with van der Waals surface area (Å²) in [6, 6.07) is 0. The van der Waals surface area contributed by atoms with Crippen LogP contribution in [0.25, 0.3) is 0 Å². The lowest BCUT2D eigenvalue weighted by atomic mass is 10.2. The molecule has 12 heavy (non-hydrogen) atoms. The second-order valence-electron chi connectivity index (χ2n) is 2.28. The van der Waals surface area contributed by atoms with Crippen molar-refractivity contribution < 1.29 is 24.9 Å². The maximum atomic E-state index is 10.6. The molecule has 3 N–H and O–H groups in total. The normalized spacial score (nSPS) is 25.8. The van der Waals surface area contributed by atoms with Crippen molar-refractivity contribution in [2.75, 3.05) is 4.43 Å². The molecule has 0 fully saturated rings. The lowest BCUT2D eigenvalue weighted by Crippen LogP contribution is -2.29. The molecule has 0 aliphatic carbocycles. The minimum atomic E-state index is -1.12. The molecule has 1 unspecified atom stereocenters. The summed E-state index contributed by atoms with van der Waals surface area (Å²) >= 11 is 1.87. The predicted octanol–water partition coefficient (Wildman–Crippen LogP) is 0.0353. The van der Waals surface area contributed by atoms with Gasteiger partial charge in [-0.05, 0) is 0 Å². The van der Waals surface area contributed by atoms with Gasteiger partial charge in [0, 0.05) is 4.43 Å². The number of ether oxygens (including phenoxy) is 1. The Morgan fingerprint density at radius 1 is 1.58 bits per heavy atom. The summed E-state index contributed by atoms with van der Waals surface area (Å²) in [4.78, 5) is 10.6. The van der Waals surface area contributed by atoms with Crippen molar-refractivity contribution in [3.63, 3.8) is 0 Å². The van der Waals surface area contributed by atoms with E-state index in [0.29, 0.717) is 4.43 Å². The maximum Gasteiger partial charge on any atom is 0.377 e. The van der Waals surface area contributed by atoms with Crippen molar-refractivity contribution >= 4 is 28.6 Å². The van der Waals surface area contributed by atoms with E-state index in [1.54, 1.807) is 0 Å². The Kier molecular flexibility index (Phi) is 2.78. The fraction of sp³-hybridized carbons (Fsp3) is 0.500. The molecular weight excluding hydrogens is 283 g/mol. The van der Waals surface area contributed by atoms with Gasteiger partial charge in [-0.15, -0.1) is 0 Å². The van der Waals surface area contributed by atoms with Gasteiger partial charge in [0.2, 0.25) is 5.76 Å². The second kappa shape index (κ2) is 3.48. The highest BCUT2D eigenvalue weighted by Gasteiger charge is 2.38. The molecule has 5 nitrogen and oxygen atoms in total. The number of rotatable bonds is 2. The Balaban J connectivity index is 2.80. The van der Waals surface area contributed by atoms with Crippen molar-refractivity contribution in [1.29, 1.82) is 0 Å². The van der Waals surface area contributed by atoms with Crippen LogP contribution >= 0.6 is 22.6 Å². The molecule has 0 aromatic heterocycles. The molecule has 0 spiro atoms. The van der Waals surface area contributed by atoms with Gasteiger partial charge in [-0.3, -0.25) is 0 Å². The number of carbonyl (C=O) groups excluding carboxylic acids is 1. The van der Waals surface area contributed by atoms with E-state index in [-0.39, 0.29) is 0 Å². The average Bonchev–Trinajstić information content (AvgIpc) is 2.32. The highest BCUT2D eigenvalue weighted by molar-refractivity contribution is 14.1. The molecule has 2 atom stereocenters. The molecule has 0 bridgehead atoms. The minimum absolute atomic E-state index is 0.299. The Morgan fingerprint density at radius 2 is 2.17 bits per heavy atom. The van der Waals surface area contributed by atoms with E-state index in [1.807, 2.05) is 22.6 Å². The molecule has 1 rings (SSSR count). The van der Waals surface area contributed by atoms with Crippen LogP contribution in [-0.2, 0) is 9.53 Å². The smallest absolute Gasteiger partial charge is 0.377 e. The van der Waals surface area contributed by atoms with E-state index in [0.717, 1.165) is 0 Å². The zero-order valence-corrected chi connectivity index (χ0v) is 8.06. The molecule has 0 aromatic carbocycles. The van der Waals surface area contributed by atoms with Crippen molar-refractivity contribution in [1.82, 2.24) is 0 Å². The van der Waals surface area contributed by atoms with Gasteiger partial charge in [-0.25, -0.2) is 4.79 Å². The SMILES string of the molecule is O=C1O[C@H](C(O)C[131I])C(O)=C1O. The van der Waals surface area contributed by atoms with Gasteiger partial charge >= 0.3 is 5.97 Å². The molecule has 1 heterocycles. The number of aliphatic hydroxyl groups excluding tert-OH is 3. The van der Waals surface area contributed by atoms with Crippen molar-refractivity contribution in [3.8, 4) is 0 Å². The van der Waals surface area contributed by atoms with Gasteiger partial charge in [-0.2, -0.15) is 0 Å². The molecule has 1 aliphatic rings. The first-order valence-corrected chi connectivity index (χ1v) is 4.67. The number of carbonyl (C=O) groups is 1. The zero-order chi connectivity index (χ0) is 9.30. The topological polar surface area (TPSA) is 87.0 Å². The standard InChI is InChI=1S/C6H7IO5/c7-1-2(8)5-3(9)4(10)6(11)12-5/h2,5,8-10H,1H2/t2?,5-/m1/s1/i7+4. The van der Waals surface area contributed by atoms with Crippen LogP contribution in [0.3, 0.4) is 0 Å². The Hall–Kier alpha value is -0.500. The molecule has 68 valence electrons. The number of halogens is 1. The van der Waals surface area contributed by atoms with E-state index in [4.69, 9.17) is 10.2 Å². The summed E-state index contributed by atoms with van der Waals surface area (Å²) in [5.41, 5.74) is 0. The fourth-order valence-electron chi connectivity index (χ4n) is 0.808. The summed E-state index contributed by atoms with van der Waals surface area (Å²) in [6.45, 7) is 0. The number of cyclic esters (lactones) is 1. The summed E-state index contributed by atoms with van der Waals surface area (Å²) in [5, 5.41) is 27.0. The highest BCUT2D eigenvalue weighted by atomic mass is 131. The third kappa shape index (κ3) is 1.48. The Labute approximate surface area is 81.8 Å². The maximum absolute atomic E-state index is 10.6. The van der Waals surface area contributed by atoms with E-state index in [9.17, 15) is 9.90 Å². The van der Waals surface area contributed by atoms with E-state index < -0.39 is 29.7 Å². The third-order valence-electron chi connectivity index (χ3n) is 1.45. The molecule has 1 aliphatic heterocycles. The van der Waals surface area contributed by atoms with Gasteiger partial charge in [0.15, 0.2) is 11.9 Å². The van der Waals surface area contributed by atoms with Crippen LogP contribution in [0.15, 0.2) is 11.5 Å². The molecular formula is C6H7IO5. The number of aliphatic hydroxyl groups is 3. The minimum Gasteiger partial charge on any atom is -0.505 e. The van der Waals surface area contributed by atoms with Gasteiger partial charge in [-0.1, -0.05) is 22.6 Å². The van der Waals surface area contributed by atoms with Crippen molar-refractivity contribution in [2.45, 2.75) is 12.2 Å². The van der Waals surface area contributed by atoms with E-state index in [1.165, 1.54) is 0 Å². The van der Waals surface area contributed by atoms with Gasteiger partial charge in [0.1, 0.15) is 6.10 Å². The van der Waals surface area contributed by atoms with Gasteiger partial charge < -0.3 is 20.1 Å². The predicted molar refractivity (Wildman–Crippen MR) is 47.1 cm³/mol. The summed E-state index contributed by atoms with van der Waals surface area (Å²) < 4.78 is 4.77. The summed E-state index contributed by atoms with van der Waals surface area (Å²) in [5.74, 6) is -2.41. The number of hydrogen-bond donors (Lipinski definition) is 3. The van der Waals surface area contributed by atoms with Crippen LogP contribution in [0.4, 0.5) is 0 Å². The first kappa shape index (κ1) is 9.59. The summed E-state index contributed by atoms with van der Waals surface area (Å²) in [6.07, 6.45) is -2.10. The van der Waals surface area contributed by atoms with Crippen LogP contribution in [0.5, 0.6) is 0 Å². The van der Waals surface area contributed by atoms with Crippen LogP contribution in [0.1, 0.15) is 0 Å². The summed E-state index contributed by atoms with van der Waals surface area (Å²) in [7, 11) is 0. The largest absolute Gasteiger partial charge is 0.505 e. The van der Waals surface area contributed by atoms with Crippen molar-refractivity contribution in [3.05, 3.63) is 11.5 Å². The molecule has 0 aromatic rings. The van der Waals surface area contributed by atoms with Crippen LogP contribution in [0.2, 0.25) is 0 Å². The third-order valence-corrected chi connectivity index (χ3v) is 2.35. The quantitative estimate of drug-likeness (QED) is 0.379. The van der Waals surface area contributed by atoms with Crippen LogP contribution < -0.4 is 0 Å². The van der Waals surface area contributed by atoms with Gasteiger partial charge in [0.05, 0.1) is 0 Å². The molecule has 0 saturated carbocycles. The first-order chi connectivity index (χ1) is 5.57. The van der Waals surface area contributed by atoms with Crippen LogP contribution in [-0.4, -0.2) is 37.9 Å². The molecule has 0 amide bonds. The number of hydrogen-bond acceptors (Lipinski definition) is 5. The first-order valence-electron chi connectivity index (χ1n) is 3.15.